The molecule has 0 spiro atoms. The number of benzene rings is 2. The summed E-state index contributed by atoms with van der Waals surface area (Å²) < 4.78 is 6.20. The van der Waals surface area contributed by atoms with Gasteiger partial charge < -0.3 is 29.4 Å². The minimum Gasteiger partial charge on any atom is -0.465 e. The second-order valence-corrected chi connectivity index (χ2v) is 10.6. The van der Waals surface area contributed by atoms with E-state index in [1.807, 2.05) is 4.90 Å². The molecule has 10 heteroatoms. The molecule has 3 aromatic rings. The number of amides is 1. The normalized spacial score (nSPS) is 21.6. The van der Waals surface area contributed by atoms with E-state index in [4.69, 9.17) is 14.7 Å². The molecule has 0 aliphatic carbocycles. The van der Waals surface area contributed by atoms with E-state index in [0.717, 1.165) is 43.6 Å². The van der Waals surface area contributed by atoms with E-state index in [9.17, 15) is 15.2 Å². The zero-order chi connectivity index (χ0) is 26.9. The number of aromatic nitrogens is 2. The zero-order valence-corrected chi connectivity index (χ0v) is 22.2. The van der Waals surface area contributed by atoms with Gasteiger partial charge in [0.1, 0.15) is 18.5 Å². The van der Waals surface area contributed by atoms with Gasteiger partial charge in [-0.15, -0.1) is 0 Å². The Morgan fingerprint density at radius 1 is 1.13 bits per heavy atom. The van der Waals surface area contributed by atoms with Crippen LogP contribution in [0.2, 0.25) is 0 Å². The van der Waals surface area contributed by atoms with Crippen molar-refractivity contribution in [1.29, 1.82) is 5.26 Å². The lowest BCUT2D eigenvalue weighted by Gasteiger charge is -2.40. The van der Waals surface area contributed by atoms with Crippen molar-refractivity contribution < 1.29 is 14.6 Å². The molecule has 1 N–H and O–H groups in total. The van der Waals surface area contributed by atoms with Crippen molar-refractivity contribution in [2.45, 2.75) is 37.9 Å². The molecule has 2 atom stereocenters. The molecule has 2 unspecified atom stereocenters. The molecule has 4 heterocycles. The first-order valence-electron chi connectivity index (χ1n) is 13.6. The third-order valence-electron chi connectivity index (χ3n) is 8.28. The fourth-order valence-corrected chi connectivity index (χ4v) is 6.06. The number of fused-ring (bicyclic) bond motifs is 2. The first-order chi connectivity index (χ1) is 19.0. The fraction of sp³-hybridized carbons (Fsp3) is 0.448. The lowest BCUT2D eigenvalue weighted by molar-refractivity contribution is 0.138. The van der Waals surface area contributed by atoms with E-state index in [1.54, 1.807) is 0 Å². The molecule has 39 heavy (non-hydrogen) atoms. The fourth-order valence-electron chi connectivity index (χ4n) is 6.06. The van der Waals surface area contributed by atoms with Crippen molar-refractivity contribution >= 4 is 28.4 Å². The maximum Gasteiger partial charge on any atom is 0.407 e. The minimum absolute atomic E-state index is 0.121. The molecule has 2 saturated heterocycles. The molecule has 0 saturated carbocycles. The number of anilines is 2. The van der Waals surface area contributed by atoms with Crippen molar-refractivity contribution in [2.75, 3.05) is 56.2 Å². The number of ether oxygens (including phenoxy) is 1. The van der Waals surface area contributed by atoms with Gasteiger partial charge >= 0.3 is 12.1 Å². The molecular formula is C29H33N7O3. The Balaban J connectivity index is 1.35. The Morgan fingerprint density at radius 2 is 1.97 bits per heavy atom. The van der Waals surface area contributed by atoms with Crippen LogP contribution < -0.4 is 14.5 Å². The minimum atomic E-state index is -1.00. The third-order valence-corrected chi connectivity index (χ3v) is 8.28. The SMILES string of the molecule is CN1CCCC1COc1nc2c(c(N3CCN(C(=O)O)CC3C#N)n1)CCN(c1cccc3ccccc13)C2. The second-order valence-electron chi connectivity index (χ2n) is 10.6. The summed E-state index contributed by atoms with van der Waals surface area (Å²) in [6, 6.07) is 17.1. The van der Waals surface area contributed by atoms with Gasteiger partial charge in [-0.05, 0) is 44.3 Å². The summed E-state index contributed by atoms with van der Waals surface area (Å²) in [5, 5.41) is 21.9. The van der Waals surface area contributed by atoms with Gasteiger partial charge in [0.05, 0.1) is 24.9 Å². The van der Waals surface area contributed by atoms with E-state index in [-0.39, 0.29) is 6.54 Å². The van der Waals surface area contributed by atoms with Crippen LogP contribution in [0.1, 0.15) is 24.1 Å². The predicted octanol–water partition coefficient (Wildman–Crippen LogP) is 3.36. The maximum atomic E-state index is 11.6. The first-order valence-corrected chi connectivity index (χ1v) is 13.6. The number of nitriles is 1. The van der Waals surface area contributed by atoms with Gasteiger partial charge in [0.2, 0.25) is 0 Å². The maximum absolute atomic E-state index is 11.6. The molecule has 10 nitrogen and oxygen atoms in total. The summed E-state index contributed by atoms with van der Waals surface area (Å²) in [5.74, 6) is 0.698. The molecule has 3 aliphatic rings. The van der Waals surface area contributed by atoms with Crippen LogP contribution in [0.5, 0.6) is 6.01 Å². The molecule has 6 rings (SSSR count). The predicted molar refractivity (Wildman–Crippen MR) is 148 cm³/mol. The van der Waals surface area contributed by atoms with Gasteiger partial charge in [-0.25, -0.2) is 4.79 Å². The van der Waals surface area contributed by atoms with Crippen LogP contribution >= 0.6 is 0 Å². The lowest BCUT2D eigenvalue weighted by atomic mass is 10.0. The number of nitrogens with zero attached hydrogens (tertiary/aromatic N) is 7. The number of rotatable bonds is 5. The van der Waals surface area contributed by atoms with Crippen molar-refractivity contribution in [3.63, 3.8) is 0 Å². The number of likely N-dealkylation sites (N-methyl/N-ethyl adjacent to an activating group) is 1. The van der Waals surface area contributed by atoms with E-state index in [1.165, 1.54) is 21.4 Å². The van der Waals surface area contributed by atoms with E-state index in [0.29, 0.717) is 44.1 Å². The largest absolute Gasteiger partial charge is 0.465 e. The Labute approximate surface area is 228 Å². The summed E-state index contributed by atoms with van der Waals surface area (Å²) in [7, 11) is 2.11. The van der Waals surface area contributed by atoms with Crippen LogP contribution in [0.15, 0.2) is 42.5 Å². The van der Waals surface area contributed by atoms with Crippen LogP contribution in [0.3, 0.4) is 0 Å². The van der Waals surface area contributed by atoms with Gasteiger partial charge in [0, 0.05) is 42.3 Å². The second kappa shape index (κ2) is 10.6. The van der Waals surface area contributed by atoms with Crippen molar-refractivity contribution in [2.24, 2.45) is 0 Å². The molecular weight excluding hydrogens is 494 g/mol. The Bertz CT molecular complexity index is 1420. The Morgan fingerprint density at radius 3 is 2.77 bits per heavy atom. The van der Waals surface area contributed by atoms with Gasteiger partial charge in [-0.3, -0.25) is 0 Å². The van der Waals surface area contributed by atoms with Gasteiger partial charge in [0.15, 0.2) is 0 Å². The number of carboxylic acid groups (broad SMARTS) is 1. The van der Waals surface area contributed by atoms with E-state index >= 15 is 0 Å². The highest BCUT2D eigenvalue weighted by Crippen LogP contribution is 2.35. The molecule has 1 aromatic heterocycles. The molecule has 2 fully saturated rings. The Hall–Kier alpha value is -4.10. The van der Waals surface area contributed by atoms with E-state index in [2.05, 4.69) is 65.4 Å². The highest BCUT2D eigenvalue weighted by molar-refractivity contribution is 5.94. The number of hydrogen-bond acceptors (Lipinski definition) is 8. The highest BCUT2D eigenvalue weighted by Gasteiger charge is 2.34. The molecule has 1 amide bonds. The van der Waals surface area contributed by atoms with Crippen molar-refractivity contribution in [3.05, 3.63) is 53.7 Å². The lowest BCUT2D eigenvalue weighted by Crippen LogP contribution is -2.55. The summed E-state index contributed by atoms with van der Waals surface area (Å²) in [5.41, 5.74) is 3.08. The van der Waals surface area contributed by atoms with Crippen LogP contribution in [-0.2, 0) is 13.0 Å². The summed E-state index contributed by atoms with van der Waals surface area (Å²) in [4.78, 5) is 29.2. The molecule has 0 bridgehead atoms. The zero-order valence-electron chi connectivity index (χ0n) is 22.2. The molecule has 0 radical (unpaired) electrons. The molecule has 202 valence electrons. The van der Waals surface area contributed by atoms with Crippen LogP contribution in [-0.4, -0.2) is 89.4 Å². The summed E-state index contributed by atoms with van der Waals surface area (Å²) >= 11 is 0. The average Bonchev–Trinajstić information content (AvgIpc) is 3.39. The van der Waals surface area contributed by atoms with Gasteiger partial charge in [-0.2, -0.15) is 15.2 Å². The standard InChI is InChI=1S/C29H33N7O3/c1-33-12-5-8-21(33)19-39-28-31-25-18-34(26-10-4-7-20-6-2-3-9-23(20)26)13-11-24(25)27(32-28)36-15-14-35(29(37)38)17-22(36)16-30/h2-4,6-7,9-10,21-22H,5,8,11-15,17-19H2,1H3,(H,37,38). The topological polar surface area (TPSA) is 109 Å². The summed E-state index contributed by atoms with van der Waals surface area (Å²) in [6.07, 6.45) is 1.95. The van der Waals surface area contributed by atoms with Crippen LogP contribution in [0.4, 0.5) is 16.3 Å². The first kappa shape index (κ1) is 25.2. The monoisotopic (exact) mass is 527 g/mol. The van der Waals surface area contributed by atoms with Crippen LogP contribution in [0, 0.1) is 11.3 Å². The Kier molecular flexibility index (Phi) is 6.83. The number of hydrogen-bond donors (Lipinski definition) is 1. The number of carbonyl (C=O) groups is 1. The number of likely N-dealkylation sites (tertiary alicyclic amines) is 1. The van der Waals surface area contributed by atoms with Crippen molar-refractivity contribution in [3.8, 4) is 12.1 Å². The van der Waals surface area contributed by atoms with Crippen LogP contribution in [0.25, 0.3) is 10.8 Å². The van der Waals surface area contributed by atoms with Crippen molar-refractivity contribution in [1.82, 2.24) is 19.8 Å². The number of piperazine rings is 1. The summed E-state index contributed by atoms with van der Waals surface area (Å²) in [6.45, 7) is 3.79. The van der Waals surface area contributed by atoms with Gasteiger partial charge in [0.25, 0.3) is 0 Å². The molecule has 3 aliphatic heterocycles. The quantitative estimate of drug-likeness (QED) is 0.534. The third kappa shape index (κ3) is 4.90. The smallest absolute Gasteiger partial charge is 0.407 e. The molecule has 2 aromatic carbocycles. The van der Waals surface area contributed by atoms with E-state index < -0.39 is 12.1 Å². The van der Waals surface area contributed by atoms with Gasteiger partial charge in [-0.1, -0.05) is 36.4 Å². The highest BCUT2D eigenvalue weighted by atomic mass is 16.5. The average molecular weight is 528 g/mol.